The van der Waals surface area contributed by atoms with Crippen molar-refractivity contribution in [3.8, 4) is 6.07 Å². The van der Waals surface area contributed by atoms with E-state index in [9.17, 15) is 4.79 Å². The van der Waals surface area contributed by atoms with Gasteiger partial charge in [-0.05, 0) is 13.8 Å². The highest BCUT2D eigenvalue weighted by Crippen LogP contribution is 2.21. The van der Waals surface area contributed by atoms with Gasteiger partial charge in [0.05, 0.1) is 19.3 Å². The van der Waals surface area contributed by atoms with Crippen LogP contribution in [-0.2, 0) is 9.53 Å². The Labute approximate surface area is 65.4 Å². The van der Waals surface area contributed by atoms with Gasteiger partial charge in [0, 0.05) is 0 Å². The van der Waals surface area contributed by atoms with Gasteiger partial charge in [-0.3, -0.25) is 4.79 Å². The van der Waals surface area contributed by atoms with E-state index in [4.69, 9.17) is 10.4 Å². The first-order chi connectivity index (χ1) is 4.99. The summed E-state index contributed by atoms with van der Waals surface area (Å²) in [5.41, 5.74) is -1.45. The summed E-state index contributed by atoms with van der Waals surface area (Å²) in [6, 6.07) is 1.70. The van der Waals surface area contributed by atoms with E-state index in [1.54, 1.807) is 6.07 Å². The van der Waals surface area contributed by atoms with Crippen molar-refractivity contribution in [2.45, 2.75) is 20.0 Å². The van der Waals surface area contributed by atoms with E-state index in [-0.39, 0.29) is 0 Å². The van der Waals surface area contributed by atoms with Gasteiger partial charge in [-0.1, -0.05) is 0 Å². The van der Waals surface area contributed by atoms with Gasteiger partial charge in [0.1, 0.15) is 0 Å². The molecule has 2 atom stereocenters. The highest BCUT2D eigenvalue weighted by Gasteiger charge is 2.39. The van der Waals surface area contributed by atoms with Crippen LogP contribution >= 0.6 is 0 Å². The fraction of sp³-hybridized carbons (Fsp3) is 0.714. The predicted octanol–water partition coefficient (Wildman–Crippen LogP) is 0.0701. The fourth-order valence-electron chi connectivity index (χ4n) is 0.522. The second kappa shape index (κ2) is 3.35. The minimum atomic E-state index is -1.45. The Balaban J connectivity index is 4.64. The summed E-state index contributed by atoms with van der Waals surface area (Å²) < 4.78 is 4.35. The molecule has 0 aliphatic carbocycles. The number of hydrogen-bond donors (Lipinski definition) is 1. The lowest BCUT2D eigenvalue weighted by Gasteiger charge is -2.20. The van der Waals surface area contributed by atoms with Crippen molar-refractivity contribution in [1.29, 1.82) is 5.26 Å². The van der Waals surface area contributed by atoms with Gasteiger partial charge in [0.15, 0.2) is 5.41 Å². The molecule has 0 radical (unpaired) electrons. The van der Waals surface area contributed by atoms with Gasteiger partial charge in [0.2, 0.25) is 0 Å². The van der Waals surface area contributed by atoms with Gasteiger partial charge in [-0.2, -0.15) is 5.26 Å². The summed E-state index contributed by atoms with van der Waals surface area (Å²) in [6.45, 7) is 2.71. The van der Waals surface area contributed by atoms with Crippen molar-refractivity contribution in [2.24, 2.45) is 5.41 Å². The number of carbonyl (C=O) groups is 1. The molecule has 0 aliphatic rings. The van der Waals surface area contributed by atoms with Crippen molar-refractivity contribution in [3.63, 3.8) is 0 Å². The molecule has 4 nitrogen and oxygen atoms in total. The van der Waals surface area contributed by atoms with Crippen LogP contribution in [0.1, 0.15) is 13.8 Å². The summed E-state index contributed by atoms with van der Waals surface area (Å²) in [4.78, 5) is 10.9. The lowest BCUT2D eigenvalue weighted by molar-refractivity contribution is -0.153. The van der Waals surface area contributed by atoms with Gasteiger partial charge < -0.3 is 9.84 Å². The molecule has 0 aromatic rings. The predicted molar refractivity (Wildman–Crippen MR) is 37.4 cm³/mol. The molecular weight excluding hydrogens is 146 g/mol. The fourth-order valence-corrected chi connectivity index (χ4v) is 0.522. The van der Waals surface area contributed by atoms with Gasteiger partial charge in [-0.15, -0.1) is 0 Å². The van der Waals surface area contributed by atoms with E-state index in [1.165, 1.54) is 21.0 Å². The quantitative estimate of drug-likeness (QED) is 0.576. The highest BCUT2D eigenvalue weighted by atomic mass is 16.5. The Morgan fingerprint density at radius 2 is 2.27 bits per heavy atom. The SMILES string of the molecule is COC(=O)[C@@](C)(C#N)[C@@H](C)O. The van der Waals surface area contributed by atoms with E-state index in [0.717, 1.165) is 0 Å². The number of nitriles is 1. The van der Waals surface area contributed by atoms with Crippen molar-refractivity contribution >= 4 is 5.97 Å². The molecule has 4 heteroatoms. The number of ether oxygens (including phenoxy) is 1. The zero-order chi connectivity index (χ0) is 9.07. The number of nitrogens with zero attached hydrogens (tertiary/aromatic N) is 1. The molecule has 11 heavy (non-hydrogen) atoms. The number of aliphatic hydroxyl groups is 1. The largest absolute Gasteiger partial charge is 0.468 e. The number of methoxy groups -OCH3 is 1. The molecule has 0 saturated heterocycles. The Morgan fingerprint density at radius 3 is 2.36 bits per heavy atom. The second-order valence-electron chi connectivity index (χ2n) is 2.48. The molecule has 0 amide bonds. The smallest absolute Gasteiger partial charge is 0.328 e. The van der Waals surface area contributed by atoms with Crippen LogP contribution in [0.5, 0.6) is 0 Å². The van der Waals surface area contributed by atoms with E-state index in [1.807, 2.05) is 0 Å². The molecule has 0 aromatic carbocycles. The molecule has 62 valence electrons. The van der Waals surface area contributed by atoms with Crippen molar-refractivity contribution < 1.29 is 14.6 Å². The average Bonchev–Trinajstić information content (AvgIpc) is 2.01. The minimum Gasteiger partial charge on any atom is -0.468 e. The summed E-state index contributed by atoms with van der Waals surface area (Å²) in [5.74, 6) is -0.713. The number of rotatable bonds is 2. The molecule has 0 aromatic heterocycles. The topological polar surface area (TPSA) is 70.3 Å². The third kappa shape index (κ3) is 1.69. The molecular formula is C7H11NO3. The number of carbonyl (C=O) groups excluding carboxylic acids is 1. The third-order valence-corrected chi connectivity index (χ3v) is 1.68. The van der Waals surface area contributed by atoms with E-state index in [2.05, 4.69) is 4.74 Å². The van der Waals surface area contributed by atoms with Gasteiger partial charge >= 0.3 is 5.97 Å². The molecule has 0 unspecified atom stereocenters. The normalized spacial score (nSPS) is 17.7. The van der Waals surface area contributed by atoms with E-state index in [0.29, 0.717) is 0 Å². The Morgan fingerprint density at radius 1 is 1.82 bits per heavy atom. The van der Waals surface area contributed by atoms with Gasteiger partial charge in [-0.25, -0.2) is 0 Å². The molecule has 0 fully saturated rings. The second-order valence-corrected chi connectivity index (χ2v) is 2.48. The maximum absolute atomic E-state index is 10.9. The van der Waals surface area contributed by atoms with E-state index >= 15 is 0 Å². The molecule has 0 aliphatic heterocycles. The third-order valence-electron chi connectivity index (χ3n) is 1.68. The number of esters is 1. The molecule has 0 heterocycles. The molecule has 0 rings (SSSR count). The summed E-state index contributed by atoms with van der Waals surface area (Å²) in [6.07, 6.45) is -1.03. The van der Waals surface area contributed by atoms with Crippen LogP contribution < -0.4 is 0 Å². The minimum absolute atomic E-state index is 0.713. The van der Waals surface area contributed by atoms with E-state index < -0.39 is 17.5 Å². The number of aliphatic hydroxyl groups excluding tert-OH is 1. The van der Waals surface area contributed by atoms with Crippen molar-refractivity contribution in [2.75, 3.05) is 7.11 Å². The van der Waals surface area contributed by atoms with Crippen LogP contribution in [0.15, 0.2) is 0 Å². The maximum Gasteiger partial charge on any atom is 0.328 e. The first-order valence-corrected chi connectivity index (χ1v) is 3.16. The standard InChI is InChI=1S/C7H11NO3/c1-5(9)7(2,4-8)6(10)11-3/h5,9H,1-3H3/t5-,7+/m1/s1. The lowest BCUT2D eigenvalue weighted by Crippen LogP contribution is -2.37. The first-order valence-electron chi connectivity index (χ1n) is 3.16. The summed E-state index contributed by atoms with van der Waals surface area (Å²) >= 11 is 0. The average molecular weight is 157 g/mol. The van der Waals surface area contributed by atoms with Gasteiger partial charge in [0.25, 0.3) is 0 Å². The zero-order valence-electron chi connectivity index (χ0n) is 6.79. The first kappa shape index (κ1) is 9.92. The number of hydrogen-bond acceptors (Lipinski definition) is 4. The molecule has 0 bridgehead atoms. The molecule has 1 N–H and O–H groups in total. The lowest BCUT2D eigenvalue weighted by atomic mass is 9.87. The molecule has 0 saturated carbocycles. The summed E-state index contributed by atoms with van der Waals surface area (Å²) in [5, 5.41) is 17.6. The van der Waals surface area contributed by atoms with Crippen LogP contribution in [0.2, 0.25) is 0 Å². The maximum atomic E-state index is 10.9. The Kier molecular flexibility index (Phi) is 3.02. The molecule has 0 spiro atoms. The van der Waals surface area contributed by atoms with Crippen molar-refractivity contribution in [3.05, 3.63) is 0 Å². The summed E-state index contributed by atoms with van der Waals surface area (Å²) in [7, 11) is 1.18. The van der Waals surface area contributed by atoms with Crippen molar-refractivity contribution in [1.82, 2.24) is 0 Å². The van der Waals surface area contributed by atoms with Crippen LogP contribution in [0.4, 0.5) is 0 Å². The van der Waals surface area contributed by atoms with Crippen LogP contribution in [-0.4, -0.2) is 24.3 Å². The Hall–Kier alpha value is -1.08. The van der Waals surface area contributed by atoms with Crippen LogP contribution in [0, 0.1) is 16.7 Å². The zero-order valence-corrected chi connectivity index (χ0v) is 6.79. The van der Waals surface area contributed by atoms with Crippen LogP contribution in [0.25, 0.3) is 0 Å². The highest BCUT2D eigenvalue weighted by molar-refractivity contribution is 5.80. The Bertz CT molecular complexity index is 194. The monoisotopic (exact) mass is 157 g/mol. The van der Waals surface area contributed by atoms with Crippen LogP contribution in [0.3, 0.4) is 0 Å².